The molecule has 2 atom stereocenters. The summed E-state index contributed by atoms with van der Waals surface area (Å²) in [7, 11) is 0. The quantitative estimate of drug-likeness (QED) is 0.199. The first kappa shape index (κ1) is 26.1. The van der Waals surface area contributed by atoms with Gasteiger partial charge < -0.3 is 31.1 Å². The normalized spacial score (nSPS) is 18.3. The summed E-state index contributed by atoms with van der Waals surface area (Å²) >= 11 is 8.02. The Kier molecular flexibility index (Phi) is 7.09. The Morgan fingerprint density at radius 1 is 1.34 bits per heavy atom. The van der Waals surface area contributed by atoms with Crippen LogP contribution in [0.25, 0.3) is 22.1 Å². The number of anilines is 1. The third kappa shape index (κ3) is 4.85. The predicted octanol–water partition coefficient (Wildman–Crippen LogP) is 1.74. The van der Waals surface area contributed by atoms with Crippen molar-refractivity contribution in [3.05, 3.63) is 41.3 Å². The number of pyridine rings is 2. The summed E-state index contributed by atoms with van der Waals surface area (Å²) in [6.45, 7) is 1.67. The van der Waals surface area contributed by atoms with Crippen LogP contribution < -0.4 is 16.0 Å². The molecule has 1 fully saturated rings. The molecule has 4 aromatic rings. The number of carboxylic acid groups (broad SMARTS) is 1. The summed E-state index contributed by atoms with van der Waals surface area (Å²) in [5, 5.41) is 22.4. The van der Waals surface area contributed by atoms with Crippen molar-refractivity contribution in [2.24, 2.45) is 5.73 Å². The first-order chi connectivity index (χ1) is 18.2. The fourth-order valence-corrected chi connectivity index (χ4v) is 5.48. The minimum atomic E-state index is -1.44. The number of carboxylic acids is 1. The number of aliphatic hydroxyl groups is 1. The number of carbonyl (C=O) groups excluding carboxylic acids is 1. The molecule has 0 saturated carbocycles. The number of aryl methyl sites for hydroxylation is 1. The van der Waals surface area contributed by atoms with Crippen molar-refractivity contribution in [2.45, 2.75) is 41.4 Å². The molecular weight excluding hydrogens is 532 g/mol. The third-order valence-corrected chi connectivity index (χ3v) is 7.69. The van der Waals surface area contributed by atoms with Gasteiger partial charge in [-0.15, -0.1) is 0 Å². The minimum Gasteiger partial charge on any atom is -0.480 e. The largest absolute Gasteiger partial charge is 0.480 e. The fraction of sp³-hybridized carbons (Fsp3) is 0.333. The zero-order valence-corrected chi connectivity index (χ0v) is 21.9. The molecule has 0 spiro atoms. The summed E-state index contributed by atoms with van der Waals surface area (Å²) in [5.74, 6) is -1.49. The maximum Gasteiger partial charge on any atom is 0.328 e. The van der Waals surface area contributed by atoms with Gasteiger partial charge in [0.2, 0.25) is 5.91 Å². The summed E-state index contributed by atoms with van der Waals surface area (Å²) < 4.78 is 0. The van der Waals surface area contributed by atoms with Gasteiger partial charge in [0.1, 0.15) is 23.0 Å². The van der Waals surface area contributed by atoms with Crippen molar-refractivity contribution in [3.63, 3.8) is 0 Å². The smallest absolute Gasteiger partial charge is 0.328 e. The number of carbonyl (C=O) groups is 2. The molecule has 6 N–H and O–H groups in total. The van der Waals surface area contributed by atoms with Gasteiger partial charge in [-0.25, -0.2) is 14.8 Å². The Morgan fingerprint density at radius 3 is 2.89 bits per heavy atom. The van der Waals surface area contributed by atoms with Crippen LogP contribution in [0.1, 0.15) is 19.0 Å². The topological polar surface area (TPSA) is 183 Å². The van der Waals surface area contributed by atoms with E-state index in [-0.39, 0.29) is 13.0 Å². The molecule has 5 rings (SSSR count). The second-order valence-electron chi connectivity index (χ2n) is 9.01. The SMILES string of the molecule is CCc1[nH]c2nc(Sc3cnc4cccnc4c3)nc(N3CCC(N)(C(=O)N[C@H](CO)C(=O)O)C3)c2c1Cl. The van der Waals surface area contributed by atoms with Crippen LogP contribution >= 0.6 is 23.4 Å². The number of aliphatic hydroxyl groups excluding tert-OH is 1. The van der Waals surface area contributed by atoms with Gasteiger partial charge in [0.05, 0.1) is 28.0 Å². The van der Waals surface area contributed by atoms with Gasteiger partial charge in [0.25, 0.3) is 0 Å². The van der Waals surface area contributed by atoms with E-state index in [1.165, 1.54) is 11.8 Å². The molecule has 1 unspecified atom stereocenters. The van der Waals surface area contributed by atoms with Crippen molar-refractivity contribution < 1.29 is 19.8 Å². The molecule has 5 heterocycles. The number of aromatic amines is 1. The van der Waals surface area contributed by atoms with Crippen LogP contribution in [0.3, 0.4) is 0 Å². The molecule has 1 aliphatic heterocycles. The lowest BCUT2D eigenvalue weighted by Crippen LogP contribution is -2.59. The number of halogens is 1. The lowest BCUT2D eigenvalue weighted by atomic mass is 9.98. The van der Waals surface area contributed by atoms with Gasteiger partial charge in [-0.2, -0.15) is 0 Å². The summed E-state index contributed by atoms with van der Waals surface area (Å²) in [4.78, 5) is 48.4. The summed E-state index contributed by atoms with van der Waals surface area (Å²) in [6.07, 6.45) is 4.33. The molecule has 0 aliphatic carbocycles. The van der Waals surface area contributed by atoms with E-state index in [1.54, 1.807) is 12.4 Å². The molecule has 12 nitrogen and oxygen atoms in total. The van der Waals surface area contributed by atoms with Crippen molar-refractivity contribution in [2.75, 3.05) is 24.6 Å². The summed E-state index contributed by atoms with van der Waals surface area (Å²) in [6, 6.07) is 4.17. The third-order valence-electron chi connectivity index (χ3n) is 6.45. The first-order valence-corrected chi connectivity index (χ1v) is 13.1. The van der Waals surface area contributed by atoms with Crippen molar-refractivity contribution in [1.29, 1.82) is 0 Å². The van der Waals surface area contributed by atoms with Crippen LogP contribution in [-0.4, -0.2) is 78.3 Å². The summed E-state index contributed by atoms with van der Waals surface area (Å²) in [5.41, 5.74) is 7.92. The Balaban J connectivity index is 1.49. The minimum absolute atomic E-state index is 0.0667. The highest BCUT2D eigenvalue weighted by atomic mass is 35.5. The highest BCUT2D eigenvalue weighted by molar-refractivity contribution is 7.99. The highest BCUT2D eigenvalue weighted by Crippen LogP contribution is 2.38. The van der Waals surface area contributed by atoms with E-state index in [0.717, 1.165) is 21.6 Å². The lowest BCUT2D eigenvalue weighted by molar-refractivity contribution is -0.143. The molecule has 14 heteroatoms. The second kappa shape index (κ2) is 10.3. The zero-order valence-electron chi connectivity index (χ0n) is 20.3. The zero-order chi connectivity index (χ0) is 27.0. The first-order valence-electron chi connectivity index (χ1n) is 11.9. The average Bonchev–Trinajstić information content (AvgIpc) is 3.47. The van der Waals surface area contributed by atoms with Gasteiger partial charge in [-0.1, -0.05) is 18.5 Å². The van der Waals surface area contributed by atoms with Crippen LogP contribution in [0.5, 0.6) is 0 Å². The van der Waals surface area contributed by atoms with Crippen molar-refractivity contribution >= 4 is 63.1 Å². The number of nitrogens with one attached hydrogen (secondary N) is 2. The molecule has 1 aliphatic rings. The number of hydrogen-bond donors (Lipinski definition) is 5. The van der Waals surface area contributed by atoms with Gasteiger partial charge in [0.15, 0.2) is 5.16 Å². The van der Waals surface area contributed by atoms with Gasteiger partial charge in [0, 0.05) is 36.1 Å². The van der Waals surface area contributed by atoms with Crippen LogP contribution in [-0.2, 0) is 16.0 Å². The van der Waals surface area contributed by atoms with E-state index in [9.17, 15) is 19.8 Å². The fourth-order valence-electron chi connectivity index (χ4n) is 4.37. The number of rotatable bonds is 8. The molecular formula is C24H25ClN8O4S. The number of fused-ring (bicyclic) bond motifs is 2. The second-order valence-corrected chi connectivity index (χ2v) is 10.4. The Labute approximate surface area is 226 Å². The molecule has 0 aromatic carbocycles. The van der Waals surface area contributed by atoms with Crippen LogP contribution in [0.2, 0.25) is 5.02 Å². The van der Waals surface area contributed by atoms with Crippen molar-refractivity contribution in [1.82, 2.24) is 30.2 Å². The number of nitrogens with two attached hydrogens (primary N) is 1. The number of aromatic nitrogens is 5. The molecule has 198 valence electrons. The Hall–Kier alpha value is -3.52. The van der Waals surface area contributed by atoms with Crippen molar-refractivity contribution in [3.8, 4) is 0 Å². The van der Waals surface area contributed by atoms with E-state index < -0.39 is 30.1 Å². The number of amides is 1. The standard InChI is InChI=1S/C24H25ClN8O4S/c1-2-13-18(25)17-19(29-13)31-23(38-12-8-15-14(28-9-12)4-3-6-27-15)32-20(17)33-7-5-24(26,11-33)22(37)30-16(10-34)21(35)36/h3-4,6,8-9,16,34H,2,5,7,10-11,26H2,1H3,(H,30,37)(H,35,36)(H,29,31,32)/t16-,24?/m1/s1. The lowest BCUT2D eigenvalue weighted by Gasteiger charge is -2.26. The van der Waals surface area contributed by atoms with E-state index in [2.05, 4.69) is 25.3 Å². The van der Waals surface area contributed by atoms with E-state index >= 15 is 0 Å². The monoisotopic (exact) mass is 556 g/mol. The number of H-pyrrole nitrogens is 1. The maximum absolute atomic E-state index is 12.9. The molecule has 1 amide bonds. The number of nitrogens with zero attached hydrogens (tertiary/aromatic N) is 5. The Morgan fingerprint density at radius 2 is 2.16 bits per heavy atom. The van der Waals surface area contributed by atoms with E-state index in [4.69, 9.17) is 22.3 Å². The molecule has 0 bridgehead atoms. The van der Waals surface area contributed by atoms with Crippen LogP contribution in [0.4, 0.5) is 5.82 Å². The van der Waals surface area contributed by atoms with Gasteiger partial charge in [-0.3, -0.25) is 14.8 Å². The van der Waals surface area contributed by atoms with Crippen LogP contribution in [0.15, 0.2) is 40.6 Å². The van der Waals surface area contributed by atoms with Gasteiger partial charge in [-0.05, 0) is 42.8 Å². The highest BCUT2D eigenvalue weighted by Gasteiger charge is 2.43. The van der Waals surface area contributed by atoms with E-state index in [0.29, 0.717) is 40.0 Å². The molecule has 38 heavy (non-hydrogen) atoms. The van der Waals surface area contributed by atoms with Gasteiger partial charge >= 0.3 is 5.97 Å². The average molecular weight is 557 g/mol. The Bertz CT molecular complexity index is 1550. The van der Waals surface area contributed by atoms with Crippen LogP contribution in [0, 0.1) is 0 Å². The molecule has 1 saturated heterocycles. The molecule has 4 aromatic heterocycles. The molecule has 0 radical (unpaired) electrons. The number of hydrogen-bond acceptors (Lipinski definition) is 10. The predicted molar refractivity (Wildman–Crippen MR) is 142 cm³/mol. The maximum atomic E-state index is 12.9. The number of aliphatic carboxylic acids is 1. The van der Waals surface area contributed by atoms with E-state index in [1.807, 2.05) is 30.0 Å².